The highest BCUT2D eigenvalue weighted by Crippen LogP contribution is 2.41. The molecule has 0 fully saturated rings. The molecule has 0 bridgehead atoms. The van der Waals surface area contributed by atoms with Crippen molar-refractivity contribution in [2.24, 2.45) is 0 Å². The highest BCUT2D eigenvalue weighted by Gasteiger charge is 2.21. The van der Waals surface area contributed by atoms with Crippen molar-refractivity contribution < 1.29 is 18.5 Å². The van der Waals surface area contributed by atoms with Crippen LogP contribution in [0.3, 0.4) is 0 Å². The van der Waals surface area contributed by atoms with E-state index in [0.29, 0.717) is 0 Å². The van der Waals surface area contributed by atoms with Gasteiger partial charge in [0.15, 0.2) is 0 Å². The number of rotatable bonds is 3. The Balaban J connectivity index is 2.63. The smallest absolute Gasteiger partial charge is 0.382 e. The number of nitrogens with zero attached hydrogens (tertiary/aromatic N) is 2. The van der Waals surface area contributed by atoms with Crippen LogP contribution >= 0.6 is 7.82 Å². The minimum atomic E-state index is -3.98. The van der Waals surface area contributed by atoms with Gasteiger partial charge in [-0.2, -0.15) is 10.3 Å². The summed E-state index contributed by atoms with van der Waals surface area (Å²) >= 11 is 0. The van der Waals surface area contributed by atoms with E-state index in [9.17, 15) is 4.57 Å². The standard InChI is InChI=1S/C3H6N3O4P/c1-9-11(7,8)10-3-2-4-6-5-3/h2H,1H3,(H,7,8)(H,4,5,6). The molecule has 1 aromatic heterocycles. The highest BCUT2D eigenvalue weighted by molar-refractivity contribution is 7.47. The van der Waals surface area contributed by atoms with E-state index in [0.717, 1.165) is 13.3 Å². The number of phosphoric ester groups is 1. The van der Waals surface area contributed by atoms with Gasteiger partial charge in [-0.25, -0.2) is 4.57 Å². The van der Waals surface area contributed by atoms with Gasteiger partial charge in [0, 0.05) is 7.11 Å². The van der Waals surface area contributed by atoms with Crippen molar-refractivity contribution in [3.8, 4) is 5.88 Å². The summed E-state index contributed by atoms with van der Waals surface area (Å²) in [4.78, 5) is 8.72. The van der Waals surface area contributed by atoms with Crippen molar-refractivity contribution in [1.29, 1.82) is 0 Å². The molecule has 0 amide bonds. The molecule has 0 radical (unpaired) electrons. The summed E-state index contributed by atoms with van der Waals surface area (Å²) in [6, 6.07) is 0. The Morgan fingerprint density at radius 2 is 2.55 bits per heavy atom. The van der Waals surface area contributed by atoms with E-state index in [1.54, 1.807) is 0 Å². The maximum absolute atomic E-state index is 10.7. The van der Waals surface area contributed by atoms with Gasteiger partial charge in [-0.3, -0.25) is 9.42 Å². The summed E-state index contributed by atoms with van der Waals surface area (Å²) in [6.45, 7) is 0. The molecule has 0 aliphatic heterocycles. The zero-order valence-corrected chi connectivity index (χ0v) is 6.49. The summed E-state index contributed by atoms with van der Waals surface area (Å²) < 4.78 is 19.2. The molecule has 0 spiro atoms. The number of hydrogen-bond donors (Lipinski definition) is 2. The van der Waals surface area contributed by atoms with Gasteiger partial charge in [-0.05, 0) is 0 Å². The zero-order valence-electron chi connectivity index (χ0n) is 5.59. The second kappa shape index (κ2) is 3.00. The van der Waals surface area contributed by atoms with Crippen LogP contribution in [0.5, 0.6) is 5.88 Å². The molecule has 0 saturated heterocycles. The molecule has 1 heterocycles. The van der Waals surface area contributed by atoms with Gasteiger partial charge < -0.3 is 4.52 Å². The molecule has 62 valence electrons. The van der Waals surface area contributed by atoms with Gasteiger partial charge in [-0.15, -0.1) is 5.10 Å². The van der Waals surface area contributed by atoms with Crippen molar-refractivity contribution in [2.75, 3.05) is 7.11 Å². The molecule has 2 N–H and O–H groups in total. The summed E-state index contributed by atoms with van der Waals surface area (Å²) in [5.74, 6) is -0.0855. The summed E-state index contributed by atoms with van der Waals surface area (Å²) in [5, 5.41) is 8.93. The van der Waals surface area contributed by atoms with Crippen LogP contribution in [0.4, 0.5) is 0 Å². The maximum Gasteiger partial charge on any atom is 0.528 e. The van der Waals surface area contributed by atoms with Crippen molar-refractivity contribution in [3.63, 3.8) is 0 Å². The fourth-order valence-corrected chi connectivity index (χ4v) is 0.789. The fraction of sp³-hybridized carbons (Fsp3) is 0.333. The molecule has 1 atom stereocenters. The molecule has 11 heavy (non-hydrogen) atoms. The lowest BCUT2D eigenvalue weighted by atomic mass is 10.9. The van der Waals surface area contributed by atoms with Crippen molar-refractivity contribution in [3.05, 3.63) is 6.20 Å². The van der Waals surface area contributed by atoms with Crippen LogP contribution in [0.1, 0.15) is 0 Å². The Morgan fingerprint density at radius 1 is 1.82 bits per heavy atom. The molecule has 8 heteroatoms. The van der Waals surface area contributed by atoms with E-state index in [1.807, 2.05) is 0 Å². The summed E-state index contributed by atoms with van der Waals surface area (Å²) in [6.07, 6.45) is 1.15. The van der Waals surface area contributed by atoms with E-state index in [-0.39, 0.29) is 5.88 Å². The summed E-state index contributed by atoms with van der Waals surface area (Å²) in [5.41, 5.74) is 0. The Hall–Kier alpha value is -0.910. The molecule has 1 unspecified atom stereocenters. The Kier molecular flexibility index (Phi) is 2.23. The largest absolute Gasteiger partial charge is 0.528 e. The first-order chi connectivity index (χ1) is 5.14. The number of aromatic nitrogens is 3. The molecule has 0 saturated carbocycles. The second-order valence-electron chi connectivity index (χ2n) is 1.55. The molecular weight excluding hydrogens is 173 g/mol. The number of aromatic amines is 1. The van der Waals surface area contributed by atoms with Crippen molar-refractivity contribution in [2.45, 2.75) is 0 Å². The third-order valence-electron chi connectivity index (χ3n) is 0.833. The van der Waals surface area contributed by atoms with Gasteiger partial charge in [0.2, 0.25) is 0 Å². The predicted octanol–water partition coefficient (Wildman–Crippen LogP) is -0.0697. The van der Waals surface area contributed by atoms with Gasteiger partial charge in [-0.1, -0.05) is 0 Å². The molecule has 1 rings (SSSR count). The Morgan fingerprint density at radius 3 is 3.00 bits per heavy atom. The van der Waals surface area contributed by atoms with Gasteiger partial charge >= 0.3 is 7.82 Å². The van der Waals surface area contributed by atoms with Gasteiger partial charge in [0.25, 0.3) is 5.88 Å². The minimum Gasteiger partial charge on any atom is -0.382 e. The van der Waals surface area contributed by atoms with Crippen molar-refractivity contribution in [1.82, 2.24) is 15.4 Å². The predicted molar refractivity (Wildman–Crippen MR) is 33.8 cm³/mol. The lowest BCUT2D eigenvalue weighted by Crippen LogP contribution is -1.93. The third-order valence-corrected chi connectivity index (χ3v) is 1.71. The maximum atomic E-state index is 10.7. The second-order valence-corrected chi connectivity index (χ2v) is 3.04. The average Bonchev–Trinajstić information content (AvgIpc) is 2.39. The van der Waals surface area contributed by atoms with E-state index in [2.05, 4.69) is 24.5 Å². The van der Waals surface area contributed by atoms with Crippen molar-refractivity contribution >= 4 is 7.82 Å². The number of H-pyrrole nitrogens is 1. The number of hydrogen-bond acceptors (Lipinski definition) is 5. The molecule has 1 aromatic rings. The zero-order chi connectivity index (χ0) is 8.32. The lowest BCUT2D eigenvalue weighted by molar-refractivity contribution is 0.240. The molecule has 0 aliphatic carbocycles. The van der Waals surface area contributed by atoms with Crippen LogP contribution in [0.25, 0.3) is 0 Å². The quantitative estimate of drug-likeness (QED) is 0.630. The minimum absolute atomic E-state index is 0.0855. The third kappa shape index (κ3) is 2.30. The van der Waals surface area contributed by atoms with Crippen LogP contribution in [-0.4, -0.2) is 27.4 Å². The van der Waals surface area contributed by atoms with Crippen LogP contribution in [-0.2, 0) is 9.09 Å². The first-order valence-corrected chi connectivity index (χ1v) is 4.07. The van der Waals surface area contributed by atoms with E-state index < -0.39 is 7.82 Å². The normalized spacial score (nSPS) is 15.8. The average molecular weight is 179 g/mol. The van der Waals surface area contributed by atoms with Crippen LogP contribution in [0.15, 0.2) is 6.20 Å². The fourth-order valence-electron chi connectivity index (χ4n) is 0.391. The molecule has 0 aliphatic rings. The van der Waals surface area contributed by atoms with Crippen LogP contribution in [0, 0.1) is 0 Å². The molecule has 0 aromatic carbocycles. The van der Waals surface area contributed by atoms with E-state index in [1.165, 1.54) is 0 Å². The lowest BCUT2D eigenvalue weighted by Gasteiger charge is -2.05. The highest BCUT2D eigenvalue weighted by atomic mass is 31.2. The van der Waals surface area contributed by atoms with E-state index >= 15 is 0 Å². The topological polar surface area (TPSA) is 97.3 Å². The Labute approximate surface area is 62.0 Å². The summed E-state index contributed by atoms with van der Waals surface area (Å²) in [7, 11) is -2.93. The SMILES string of the molecule is COP(=O)(O)Oc1cn[nH]n1. The number of nitrogens with one attached hydrogen (secondary N) is 1. The number of phosphoric acid groups is 1. The van der Waals surface area contributed by atoms with Crippen LogP contribution in [0.2, 0.25) is 0 Å². The molecular formula is C3H6N3O4P. The van der Waals surface area contributed by atoms with E-state index in [4.69, 9.17) is 4.89 Å². The van der Waals surface area contributed by atoms with Crippen LogP contribution < -0.4 is 4.52 Å². The monoisotopic (exact) mass is 179 g/mol. The van der Waals surface area contributed by atoms with Gasteiger partial charge in [0.1, 0.15) is 6.20 Å². The Bertz CT molecular complexity index is 260. The first kappa shape index (κ1) is 8.19. The molecule has 7 nitrogen and oxygen atoms in total. The van der Waals surface area contributed by atoms with Gasteiger partial charge in [0.05, 0.1) is 0 Å². The first-order valence-electron chi connectivity index (χ1n) is 2.58.